The van der Waals surface area contributed by atoms with E-state index in [4.69, 9.17) is 11.6 Å². The van der Waals surface area contributed by atoms with Crippen LogP contribution in [0.5, 0.6) is 0 Å². The maximum Gasteiger partial charge on any atom is 0.221 e. The first-order chi connectivity index (χ1) is 13.0. The monoisotopic (exact) mass is 382 g/mol. The predicted octanol–water partition coefficient (Wildman–Crippen LogP) is 5.82. The lowest BCUT2D eigenvalue weighted by Gasteiger charge is -2.19. The largest absolute Gasteiger partial charge is 0.361 e. The fourth-order valence-corrected chi connectivity index (χ4v) is 3.67. The van der Waals surface area contributed by atoms with Gasteiger partial charge in [0.1, 0.15) is 0 Å². The van der Waals surface area contributed by atoms with E-state index in [1.165, 1.54) is 10.9 Å². The number of halogens is 1. The van der Waals surface area contributed by atoms with Crippen LogP contribution in [0.3, 0.4) is 0 Å². The number of aryl methyl sites for hydroxylation is 1. The second kappa shape index (κ2) is 8.62. The highest BCUT2D eigenvalue weighted by Crippen LogP contribution is 2.35. The number of benzene rings is 2. The number of amides is 1. The van der Waals surface area contributed by atoms with Crippen LogP contribution in [0.25, 0.3) is 10.9 Å². The Bertz CT molecular complexity index is 914. The molecule has 27 heavy (non-hydrogen) atoms. The number of nitrogens with one attached hydrogen (secondary N) is 2. The molecule has 4 heteroatoms. The molecule has 1 amide bonds. The van der Waals surface area contributed by atoms with E-state index in [9.17, 15) is 4.79 Å². The first kappa shape index (κ1) is 19.5. The van der Waals surface area contributed by atoms with Crippen LogP contribution in [-0.2, 0) is 11.2 Å². The Morgan fingerprint density at radius 2 is 1.89 bits per heavy atom. The normalized spacial score (nSPS) is 13.5. The van der Waals surface area contributed by atoms with Gasteiger partial charge in [0, 0.05) is 40.5 Å². The van der Waals surface area contributed by atoms with Gasteiger partial charge < -0.3 is 10.3 Å². The molecule has 3 aromatic rings. The molecule has 0 radical (unpaired) electrons. The van der Waals surface area contributed by atoms with Gasteiger partial charge in [-0.25, -0.2) is 0 Å². The number of aromatic nitrogens is 1. The number of hydrogen-bond donors (Lipinski definition) is 2. The molecule has 142 valence electrons. The van der Waals surface area contributed by atoms with Crippen LogP contribution in [0, 0.1) is 0 Å². The van der Waals surface area contributed by atoms with Gasteiger partial charge in [0.15, 0.2) is 0 Å². The second-order valence-corrected chi connectivity index (χ2v) is 7.56. The van der Waals surface area contributed by atoms with E-state index in [0.29, 0.717) is 11.4 Å². The summed E-state index contributed by atoms with van der Waals surface area (Å²) in [5.74, 6) is 0.0532. The highest BCUT2D eigenvalue weighted by atomic mass is 35.5. The molecule has 0 saturated heterocycles. The minimum Gasteiger partial charge on any atom is -0.361 e. The van der Waals surface area contributed by atoms with Crippen LogP contribution < -0.4 is 5.32 Å². The van der Waals surface area contributed by atoms with Crippen LogP contribution in [0.1, 0.15) is 56.2 Å². The summed E-state index contributed by atoms with van der Waals surface area (Å²) >= 11 is 6.08. The topological polar surface area (TPSA) is 44.9 Å². The van der Waals surface area contributed by atoms with Gasteiger partial charge in [-0.2, -0.15) is 0 Å². The molecular formula is C23H27ClN2O. The summed E-state index contributed by atoms with van der Waals surface area (Å²) < 4.78 is 0. The molecule has 2 unspecified atom stereocenters. The maximum atomic E-state index is 12.7. The van der Waals surface area contributed by atoms with Crippen molar-refractivity contribution in [1.29, 1.82) is 0 Å². The summed E-state index contributed by atoms with van der Waals surface area (Å²) in [5.41, 5.74) is 4.71. The summed E-state index contributed by atoms with van der Waals surface area (Å²) in [5, 5.41) is 4.99. The molecule has 0 fully saturated rings. The Labute approximate surface area is 166 Å². The zero-order valence-corrected chi connectivity index (χ0v) is 16.9. The van der Waals surface area contributed by atoms with E-state index in [2.05, 4.69) is 48.5 Å². The summed E-state index contributed by atoms with van der Waals surface area (Å²) in [7, 11) is 0. The Morgan fingerprint density at radius 3 is 2.56 bits per heavy atom. The Balaban J connectivity index is 2.02. The van der Waals surface area contributed by atoms with Gasteiger partial charge in [-0.1, -0.05) is 55.8 Å². The zero-order chi connectivity index (χ0) is 19.4. The smallest absolute Gasteiger partial charge is 0.221 e. The van der Waals surface area contributed by atoms with Gasteiger partial charge in [-0.15, -0.1) is 0 Å². The Kier molecular flexibility index (Phi) is 6.22. The standard InChI is InChI=1S/C23H27ClN2O/c1-4-15(3)26-22(27)13-20(17-9-11-18(24)12-10-17)21-14-25-23-16(5-2)7-6-8-19(21)23/h6-12,14-15,20,25H,4-5,13H2,1-3H3,(H,26,27). The molecule has 3 nitrogen and oxygen atoms in total. The summed E-state index contributed by atoms with van der Waals surface area (Å²) in [6.45, 7) is 6.27. The molecular weight excluding hydrogens is 356 g/mol. The lowest BCUT2D eigenvalue weighted by atomic mass is 9.87. The molecule has 2 N–H and O–H groups in total. The van der Waals surface area contributed by atoms with Crippen molar-refractivity contribution >= 4 is 28.4 Å². The molecule has 0 aliphatic carbocycles. The highest BCUT2D eigenvalue weighted by Gasteiger charge is 2.22. The van der Waals surface area contributed by atoms with E-state index >= 15 is 0 Å². The molecule has 0 spiro atoms. The molecule has 0 aliphatic rings. The van der Waals surface area contributed by atoms with Crippen molar-refractivity contribution in [2.75, 3.05) is 0 Å². The highest BCUT2D eigenvalue weighted by molar-refractivity contribution is 6.30. The van der Waals surface area contributed by atoms with Crippen LogP contribution >= 0.6 is 11.6 Å². The zero-order valence-electron chi connectivity index (χ0n) is 16.2. The van der Waals surface area contributed by atoms with Crippen molar-refractivity contribution in [3.63, 3.8) is 0 Å². The number of fused-ring (bicyclic) bond motifs is 1. The number of carbonyl (C=O) groups is 1. The van der Waals surface area contributed by atoms with Gasteiger partial charge in [0.25, 0.3) is 0 Å². The lowest BCUT2D eigenvalue weighted by molar-refractivity contribution is -0.121. The summed E-state index contributed by atoms with van der Waals surface area (Å²) in [4.78, 5) is 16.1. The molecule has 3 rings (SSSR count). The minimum absolute atomic E-state index is 0.0211. The van der Waals surface area contributed by atoms with E-state index in [1.54, 1.807) is 0 Å². The van der Waals surface area contributed by atoms with E-state index < -0.39 is 0 Å². The van der Waals surface area contributed by atoms with Gasteiger partial charge in [-0.05, 0) is 48.6 Å². The van der Waals surface area contributed by atoms with E-state index in [0.717, 1.165) is 29.5 Å². The van der Waals surface area contributed by atoms with Gasteiger partial charge in [0.05, 0.1) is 0 Å². The SMILES string of the molecule is CCc1cccc2c(C(CC(=O)NC(C)CC)c3ccc(Cl)cc3)c[nH]c12. The van der Waals surface area contributed by atoms with Gasteiger partial charge in [0.2, 0.25) is 5.91 Å². The molecule has 0 bridgehead atoms. The van der Waals surface area contributed by atoms with Crippen molar-refractivity contribution < 1.29 is 4.79 Å². The van der Waals surface area contributed by atoms with Crippen molar-refractivity contribution in [3.8, 4) is 0 Å². The van der Waals surface area contributed by atoms with Crippen LogP contribution in [0.15, 0.2) is 48.7 Å². The van der Waals surface area contributed by atoms with Crippen LogP contribution in [-0.4, -0.2) is 16.9 Å². The minimum atomic E-state index is -0.0211. The average Bonchev–Trinajstić information content (AvgIpc) is 3.10. The fourth-order valence-electron chi connectivity index (χ4n) is 3.55. The van der Waals surface area contributed by atoms with Crippen molar-refractivity contribution in [2.45, 2.75) is 52.0 Å². The van der Waals surface area contributed by atoms with E-state index in [1.807, 2.05) is 31.2 Å². The number of carbonyl (C=O) groups excluding carboxylic acids is 1. The molecule has 1 heterocycles. The third kappa shape index (κ3) is 4.36. The first-order valence-corrected chi connectivity index (χ1v) is 10.0. The first-order valence-electron chi connectivity index (χ1n) is 9.67. The number of H-pyrrole nitrogens is 1. The molecule has 2 aromatic carbocycles. The molecule has 2 atom stereocenters. The molecule has 0 saturated carbocycles. The lowest BCUT2D eigenvalue weighted by Crippen LogP contribution is -2.33. The molecule has 1 aromatic heterocycles. The predicted molar refractivity (Wildman–Crippen MR) is 113 cm³/mol. The Hall–Kier alpha value is -2.26. The maximum absolute atomic E-state index is 12.7. The number of aromatic amines is 1. The Morgan fingerprint density at radius 1 is 1.15 bits per heavy atom. The van der Waals surface area contributed by atoms with Gasteiger partial charge in [-0.3, -0.25) is 4.79 Å². The number of rotatable bonds is 7. The quantitative estimate of drug-likeness (QED) is 0.531. The van der Waals surface area contributed by atoms with Crippen LogP contribution in [0.4, 0.5) is 0 Å². The summed E-state index contributed by atoms with van der Waals surface area (Å²) in [6, 6.07) is 14.4. The van der Waals surface area contributed by atoms with E-state index in [-0.39, 0.29) is 17.9 Å². The van der Waals surface area contributed by atoms with Crippen molar-refractivity contribution in [1.82, 2.24) is 10.3 Å². The van der Waals surface area contributed by atoms with Crippen molar-refractivity contribution in [3.05, 3.63) is 70.4 Å². The average molecular weight is 383 g/mol. The fraction of sp³-hybridized carbons (Fsp3) is 0.348. The van der Waals surface area contributed by atoms with Crippen molar-refractivity contribution in [2.24, 2.45) is 0 Å². The van der Waals surface area contributed by atoms with Crippen LogP contribution in [0.2, 0.25) is 5.02 Å². The number of hydrogen-bond acceptors (Lipinski definition) is 1. The third-order valence-corrected chi connectivity index (χ3v) is 5.52. The third-order valence-electron chi connectivity index (χ3n) is 5.27. The second-order valence-electron chi connectivity index (χ2n) is 7.12. The molecule has 0 aliphatic heterocycles. The number of para-hydroxylation sites is 1. The van der Waals surface area contributed by atoms with Gasteiger partial charge >= 0.3 is 0 Å². The summed E-state index contributed by atoms with van der Waals surface area (Å²) in [6.07, 6.45) is 4.36.